The monoisotopic (exact) mass is 520 g/mol. The minimum absolute atomic E-state index is 0.0114. The Labute approximate surface area is 230 Å². The van der Waals surface area contributed by atoms with E-state index in [4.69, 9.17) is 9.47 Å². The molecule has 0 bridgehead atoms. The van der Waals surface area contributed by atoms with Gasteiger partial charge in [0.25, 0.3) is 0 Å². The Kier molecular flexibility index (Phi) is 12.9. The van der Waals surface area contributed by atoms with E-state index in [9.17, 15) is 9.59 Å². The van der Waals surface area contributed by atoms with E-state index in [1.807, 2.05) is 24.3 Å². The molecule has 0 amide bonds. The topological polar surface area (TPSA) is 52.6 Å². The Morgan fingerprint density at radius 3 is 2.08 bits per heavy atom. The molecule has 2 aromatic rings. The van der Waals surface area contributed by atoms with Crippen molar-refractivity contribution in [1.29, 1.82) is 0 Å². The fourth-order valence-electron chi connectivity index (χ4n) is 5.32. The zero-order valence-corrected chi connectivity index (χ0v) is 23.9. The van der Waals surface area contributed by atoms with E-state index in [2.05, 4.69) is 20.8 Å². The zero-order valence-electron chi connectivity index (χ0n) is 23.9. The van der Waals surface area contributed by atoms with E-state index >= 15 is 0 Å². The first kappa shape index (κ1) is 29.9. The molecule has 3 rings (SSSR count). The van der Waals surface area contributed by atoms with Crippen LogP contribution in [-0.4, -0.2) is 11.9 Å². The molecule has 0 spiro atoms. The Bertz CT molecular complexity index is 955. The molecule has 1 fully saturated rings. The zero-order chi connectivity index (χ0) is 27.2. The van der Waals surface area contributed by atoms with Crippen LogP contribution in [0.15, 0.2) is 48.5 Å². The van der Waals surface area contributed by atoms with Gasteiger partial charge < -0.3 is 9.47 Å². The number of esters is 2. The lowest BCUT2D eigenvalue weighted by atomic mass is 9.80. The van der Waals surface area contributed by atoms with Gasteiger partial charge in [-0.05, 0) is 92.3 Å². The SMILES string of the molecule is CCCCC[C@H]1CC[C@H](C(=O)Oc2ccc(OC(=O)c3ccc(CCCCC[C@@H](C)CC)cc3)cc2)CC1. The summed E-state index contributed by atoms with van der Waals surface area (Å²) in [7, 11) is 0. The van der Waals surface area contributed by atoms with Gasteiger partial charge in [-0.3, -0.25) is 4.79 Å². The lowest BCUT2D eigenvalue weighted by Gasteiger charge is -2.27. The Hall–Kier alpha value is -2.62. The first-order chi connectivity index (χ1) is 18.5. The lowest BCUT2D eigenvalue weighted by molar-refractivity contribution is -0.140. The minimum Gasteiger partial charge on any atom is -0.426 e. The Morgan fingerprint density at radius 1 is 0.789 bits per heavy atom. The predicted molar refractivity (Wildman–Crippen MR) is 155 cm³/mol. The number of carbonyl (C=O) groups excluding carboxylic acids is 2. The summed E-state index contributed by atoms with van der Waals surface area (Å²) in [6, 6.07) is 14.5. The molecule has 1 aliphatic carbocycles. The molecule has 0 aromatic heterocycles. The minimum atomic E-state index is -0.384. The van der Waals surface area contributed by atoms with E-state index in [-0.39, 0.29) is 17.9 Å². The van der Waals surface area contributed by atoms with Gasteiger partial charge in [0, 0.05) is 0 Å². The van der Waals surface area contributed by atoms with E-state index in [1.165, 1.54) is 63.4 Å². The number of ether oxygens (including phenoxy) is 2. The molecule has 0 aliphatic heterocycles. The van der Waals surface area contributed by atoms with Crippen LogP contribution in [0, 0.1) is 17.8 Å². The molecule has 0 saturated heterocycles. The molecule has 1 atom stereocenters. The summed E-state index contributed by atoms with van der Waals surface area (Å²) >= 11 is 0. The van der Waals surface area contributed by atoms with Crippen LogP contribution >= 0.6 is 0 Å². The third-order valence-corrected chi connectivity index (χ3v) is 8.20. The van der Waals surface area contributed by atoms with Crippen LogP contribution < -0.4 is 9.47 Å². The summed E-state index contributed by atoms with van der Waals surface area (Å²) < 4.78 is 11.2. The fourth-order valence-corrected chi connectivity index (χ4v) is 5.32. The van der Waals surface area contributed by atoms with Crippen molar-refractivity contribution in [3.05, 3.63) is 59.7 Å². The molecule has 38 heavy (non-hydrogen) atoms. The molecule has 208 valence electrons. The number of hydrogen-bond donors (Lipinski definition) is 0. The molecule has 0 N–H and O–H groups in total. The maximum absolute atomic E-state index is 12.6. The van der Waals surface area contributed by atoms with Gasteiger partial charge >= 0.3 is 11.9 Å². The summed E-state index contributed by atoms with van der Waals surface area (Å²) in [5.41, 5.74) is 1.78. The van der Waals surface area contributed by atoms with Gasteiger partial charge in [0.2, 0.25) is 0 Å². The van der Waals surface area contributed by atoms with Crippen LogP contribution in [0.4, 0.5) is 0 Å². The van der Waals surface area contributed by atoms with Gasteiger partial charge in [-0.1, -0.05) is 84.3 Å². The summed E-state index contributed by atoms with van der Waals surface area (Å²) in [5, 5.41) is 0. The van der Waals surface area contributed by atoms with Crippen LogP contribution in [0.1, 0.15) is 120 Å². The predicted octanol–water partition coefficient (Wildman–Crippen LogP) is 9.35. The molecule has 4 nitrogen and oxygen atoms in total. The number of aryl methyl sites for hydroxylation is 1. The summed E-state index contributed by atoms with van der Waals surface area (Å²) in [4.78, 5) is 25.2. The second-order valence-electron chi connectivity index (χ2n) is 11.3. The van der Waals surface area contributed by atoms with Gasteiger partial charge in [0.15, 0.2) is 0 Å². The summed E-state index contributed by atoms with van der Waals surface area (Å²) in [5.74, 6) is 1.98. The van der Waals surface area contributed by atoms with E-state index in [0.717, 1.165) is 43.9 Å². The van der Waals surface area contributed by atoms with Crippen LogP contribution in [-0.2, 0) is 11.2 Å². The quantitative estimate of drug-likeness (QED) is 0.133. The summed E-state index contributed by atoms with van der Waals surface area (Å²) in [6.45, 7) is 6.81. The molecule has 2 aromatic carbocycles. The van der Waals surface area contributed by atoms with Crippen molar-refractivity contribution < 1.29 is 19.1 Å². The number of benzene rings is 2. The van der Waals surface area contributed by atoms with Crippen molar-refractivity contribution in [3.8, 4) is 11.5 Å². The van der Waals surface area contributed by atoms with Crippen LogP contribution in [0.3, 0.4) is 0 Å². The molecular formula is C34H48O4. The van der Waals surface area contributed by atoms with Crippen molar-refractivity contribution in [3.63, 3.8) is 0 Å². The highest BCUT2D eigenvalue weighted by molar-refractivity contribution is 5.91. The first-order valence-corrected chi connectivity index (χ1v) is 15.1. The van der Waals surface area contributed by atoms with Gasteiger partial charge in [0.05, 0.1) is 11.5 Å². The first-order valence-electron chi connectivity index (χ1n) is 15.1. The highest BCUT2D eigenvalue weighted by Crippen LogP contribution is 2.33. The van der Waals surface area contributed by atoms with Crippen molar-refractivity contribution in [2.24, 2.45) is 17.8 Å². The van der Waals surface area contributed by atoms with Crippen molar-refractivity contribution in [2.45, 2.75) is 111 Å². The van der Waals surface area contributed by atoms with Gasteiger partial charge in [-0.15, -0.1) is 0 Å². The Morgan fingerprint density at radius 2 is 1.45 bits per heavy atom. The fraction of sp³-hybridized carbons (Fsp3) is 0.588. The largest absolute Gasteiger partial charge is 0.426 e. The van der Waals surface area contributed by atoms with E-state index < -0.39 is 0 Å². The molecule has 0 unspecified atom stereocenters. The third-order valence-electron chi connectivity index (χ3n) is 8.20. The molecule has 1 aliphatic rings. The second-order valence-corrected chi connectivity index (χ2v) is 11.3. The standard InChI is InChI=1S/C34H48O4/c1-4-6-8-12-27-14-18-29(19-15-27)33(35)37-31-22-24-32(25-23-31)38-34(36)30-20-16-28(17-21-30)13-10-7-9-11-26(3)5-2/h16-17,20-27,29H,4-15,18-19H2,1-3H3/t26-,27-,29-/m0/s1. The maximum atomic E-state index is 12.6. The molecule has 0 radical (unpaired) electrons. The average Bonchev–Trinajstić information content (AvgIpc) is 2.94. The van der Waals surface area contributed by atoms with Crippen LogP contribution in [0.25, 0.3) is 0 Å². The van der Waals surface area contributed by atoms with Crippen molar-refractivity contribution in [1.82, 2.24) is 0 Å². The number of hydrogen-bond acceptors (Lipinski definition) is 4. The van der Waals surface area contributed by atoms with E-state index in [0.29, 0.717) is 17.1 Å². The second kappa shape index (κ2) is 16.4. The number of carbonyl (C=O) groups is 2. The highest BCUT2D eigenvalue weighted by atomic mass is 16.5. The van der Waals surface area contributed by atoms with Crippen molar-refractivity contribution in [2.75, 3.05) is 0 Å². The molecule has 0 heterocycles. The van der Waals surface area contributed by atoms with Crippen molar-refractivity contribution >= 4 is 11.9 Å². The highest BCUT2D eigenvalue weighted by Gasteiger charge is 2.27. The molecular weight excluding hydrogens is 472 g/mol. The van der Waals surface area contributed by atoms with Crippen LogP contribution in [0.5, 0.6) is 11.5 Å². The summed E-state index contributed by atoms with van der Waals surface area (Å²) in [6.07, 6.45) is 16.6. The van der Waals surface area contributed by atoms with Crippen LogP contribution in [0.2, 0.25) is 0 Å². The Balaban J connectivity index is 1.38. The third kappa shape index (κ3) is 10.3. The normalized spacial score (nSPS) is 18.1. The number of rotatable bonds is 15. The smallest absolute Gasteiger partial charge is 0.343 e. The number of unbranched alkanes of at least 4 members (excludes halogenated alkanes) is 4. The van der Waals surface area contributed by atoms with E-state index in [1.54, 1.807) is 24.3 Å². The maximum Gasteiger partial charge on any atom is 0.343 e. The molecule has 4 heteroatoms. The van der Waals surface area contributed by atoms with Gasteiger partial charge in [-0.2, -0.15) is 0 Å². The molecule has 1 saturated carbocycles. The van der Waals surface area contributed by atoms with Gasteiger partial charge in [-0.25, -0.2) is 4.79 Å². The lowest BCUT2D eigenvalue weighted by Crippen LogP contribution is -2.25. The average molecular weight is 521 g/mol. The van der Waals surface area contributed by atoms with Gasteiger partial charge in [0.1, 0.15) is 11.5 Å².